The second-order valence-corrected chi connectivity index (χ2v) is 4.42. The van der Waals surface area contributed by atoms with E-state index in [1.165, 1.54) is 18.3 Å². The van der Waals surface area contributed by atoms with Gasteiger partial charge in [-0.2, -0.15) is 4.73 Å². The van der Waals surface area contributed by atoms with Crippen molar-refractivity contribution in [3.8, 4) is 11.3 Å². The predicted molar refractivity (Wildman–Crippen MR) is 76.6 cm³/mol. The normalized spacial score (nSPS) is 11.7. The van der Waals surface area contributed by atoms with Crippen LogP contribution in [0.5, 0.6) is 0 Å². The molecular weight excluding hydrogens is 270 g/mol. The fourth-order valence-electron chi connectivity index (χ4n) is 2.15. The lowest BCUT2D eigenvalue weighted by atomic mass is 10.1. The molecule has 0 radical (unpaired) electrons. The van der Waals surface area contributed by atoms with E-state index in [0.29, 0.717) is 16.9 Å². The molecule has 3 rings (SSSR count). The van der Waals surface area contributed by atoms with Crippen molar-refractivity contribution in [1.29, 1.82) is 0 Å². The van der Waals surface area contributed by atoms with Gasteiger partial charge in [0.1, 0.15) is 0 Å². The molecule has 21 heavy (non-hydrogen) atoms. The zero-order chi connectivity index (χ0) is 14.8. The lowest BCUT2D eigenvalue weighted by Gasteiger charge is -2.09. The van der Waals surface area contributed by atoms with Gasteiger partial charge in [-0.3, -0.25) is 10.1 Å². The molecule has 0 amide bonds. The number of benzene rings is 2. The highest BCUT2D eigenvalue weighted by atomic mass is 16.6. The number of para-hydroxylation sites is 1. The first-order valence-electron chi connectivity index (χ1n) is 6.24. The molecule has 0 spiro atoms. The van der Waals surface area contributed by atoms with E-state index < -0.39 is 4.92 Å². The topological polar surface area (TPSA) is 80.7 Å². The molecule has 1 aromatic carbocycles. The summed E-state index contributed by atoms with van der Waals surface area (Å²) in [4.78, 5) is 15.1. The van der Waals surface area contributed by atoms with E-state index in [0.717, 1.165) is 4.73 Å². The largest absolute Gasteiger partial charge is 0.428 e. The second-order valence-electron chi connectivity index (χ2n) is 4.42. The Kier molecular flexibility index (Phi) is 3.12. The Morgan fingerprint density at radius 3 is 2.52 bits per heavy atom. The highest BCUT2D eigenvalue weighted by Gasteiger charge is 2.18. The van der Waals surface area contributed by atoms with Gasteiger partial charge in [0, 0.05) is 17.8 Å². The summed E-state index contributed by atoms with van der Waals surface area (Å²) in [5.74, 6) is 0. The average molecular weight is 281 g/mol. The first kappa shape index (κ1) is 12.9. The Balaban J connectivity index is 2.38. The van der Waals surface area contributed by atoms with Crippen LogP contribution in [0, 0.1) is 10.1 Å². The molecule has 6 heteroatoms. The molecule has 1 aliphatic heterocycles. The lowest BCUT2D eigenvalue weighted by molar-refractivity contribution is -0.386. The van der Waals surface area contributed by atoms with E-state index in [1.807, 2.05) is 18.2 Å². The van der Waals surface area contributed by atoms with Crippen LogP contribution in [-0.4, -0.2) is 14.9 Å². The van der Waals surface area contributed by atoms with Crippen LogP contribution in [-0.2, 0) is 0 Å². The molecule has 0 bridgehead atoms. The van der Waals surface area contributed by atoms with Gasteiger partial charge in [0.15, 0.2) is 5.36 Å². The van der Waals surface area contributed by atoms with Gasteiger partial charge in [0.25, 0.3) is 5.69 Å². The molecule has 1 N–H and O–H groups in total. The third kappa shape index (κ3) is 2.34. The average Bonchev–Trinajstić information content (AvgIpc) is 2.49. The van der Waals surface area contributed by atoms with Crippen molar-refractivity contribution in [3.63, 3.8) is 0 Å². The summed E-state index contributed by atoms with van der Waals surface area (Å²) in [5.41, 5.74) is 1.48. The van der Waals surface area contributed by atoms with E-state index in [4.69, 9.17) is 0 Å². The van der Waals surface area contributed by atoms with Gasteiger partial charge in [-0.25, -0.2) is 4.99 Å². The predicted octanol–water partition coefficient (Wildman–Crippen LogP) is 2.97. The molecule has 0 atom stereocenters. The number of aromatic nitrogens is 1. The number of pyridine rings is 1. The van der Waals surface area contributed by atoms with Crippen LogP contribution in [0.1, 0.15) is 0 Å². The van der Waals surface area contributed by atoms with E-state index in [-0.39, 0.29) is 11.0 Å². The van der Waals surface area contributed by atoms with Gasteiger partial charge in [-0.1, -0.05) is 18.2 Å². The van der Waals surface area contributed by atoms with Crippen molar-refractivity contribution in [2.24, 2.45) is 4.99 Å². The summed E-state index contributed by atoms with van der Waals surface area (Å²) >= 11 is 0. The van der Waals surface area contributed by atoms with Gasteiger partial charge in [0.2, 0.25) is 0 Å². The number of fused-ring (bicyclic) bond motifs is 1. The number of hydrogen-bond donors (Lipinski definition) is 1. The number of nitrogens with zero attached hydrogens (tertiary/aromatic N) is 3. The van der Waals surface area contributed by atoms with Crippen LogP contribution in [0.15, 0.2) is 65.8 Å². The smallest absolute Gasteiger partial charge is 0.295 e. The molecule has 2 aliphatic rings. The fraction of sp³-hybridized carbons (Fsp3) is 0. The van der Waals surface area contributed by atoms with Crippen LogP contribution in [0.3, 0.4) is 0 Å². The molecule has 6 nitrogen and oxygen atoms in total. The molecule has 0 aromatic heterocycles. The van der Waals surface area contributed by atoms with Crippen LogP contribution in [0.25, 0.3) is 11.3 Å². The molecule has 1 heterocycles. The number of non-ortho nitro benzene ring substituents is 1. The molecule has 0 unspecified atom stereocenters. The zero-order valence-corrected chi connectivity index (χ0v) is 10.9. The van der Waals surface area contributed by atoms with Crippen LogP contribution in [0.4, 0.5) is 11.4 Å². The molecule has 1 aliphatic carbocycles. The minimum atomic E-state index is -0.476. The minimum Gasteiger partial charge on any atom is -0.428 e. The van der Waals surface area contributed by atoms with E-state index in [9.17, 15) is 15.3 Å². The maximum atomic E-state index is 11.2. The highest BCUT2D eigenvalue weighted by molar-refractivity contribution is 5.65. The van der Waals surface area contributed by atoms with E-state index in [2.05, 4.69) is 4.99 Å². The van der Waals surface area contributed by atoms with Crippen molar-refractivity contribution < 1.29 is 10.1 Å². The van der Waals surface area contributed by atoms with Crippen molar-refractivity contribution in [2.75, 3.05) is 0 Å². The van der Waals surface area contributed by atoms with Gasteiger partial charge >= 0.3 is 0 Å². The lowest BCUT2D eigenvalue weighted by Crippen LogP contribution is -2.15. The Labute approximate surface area is 119 Å². The molecule has 1 aromatic rings. The van der Waals surface area contributed by atoms with Crippen molar-refractivity contribution in [2.45, 2.75) is 0 Å². The maximum Gasteiger partial charge on any atom is 0.295 e. The molecular formula is C15H11N3O3. The third-order valence-corrected chi connectivity index (χ3v) is 3.10. The maximum absolute atomic E-state index is 11.2. The van der Waals surface area contributed by atoms with Crippen molar-refractivity contribution >= 4 is 11.4 Å². The number of nitro benzene ring substituents is 1. The summed E-state index contributed by atoms with van der Waals surface area (Å²) in [5, 5.41) is 21.2. The summed E-state index contributed by atoms with van der Waals surface area (Å²) in [6.07, 6.45) is 1.46. The summed E-state index contributed by atoms with van der Waals surface area (Å²) in [6.45, 7) is 0. The molecule has 104 valence electrons. The SMILES string of the molecule is O=[N+]([O-])c1ccc2n(O)cccc-2c1=Nc1ccccc1. The Morgan fingerprint density at radius 2 is 1.81 bits per heavy atom. The Hall–Kier alpha value is -3.15. The van der Waals surface area contributed by atoms with Crippen molar-refractivity contribution in [1.82, 2.24) is 4.73 Å². The summed E-state index contributed by atoms with van der Waals surface area (Å²) in [7, 11) is 0. The van der Waals surface area contributed by atoms with Crippen molar-refractivity contribution in [3.05, 3.63) is 76.3 Å². The quantitative estimate of drug-likeness (QED) is 0.445. The van der Waals surface area contributed by atoms with Gasteiger partial charge in [-0.05, 0) is 30.3 Å². The van der Waals surface area contributed by atoms with Gasteiger partial charge in [0.05, 0.1) is 16.3 Å². The molecule has 0 saturated carbocycles. The molecule has 0 saturated heterocycles. The second kappa shape index (κ2) is 5.09. The standard InChI is InChI=1S/C15H11N3O3/c19-17-10-4-7-12-13(17)8-9-14(18(20)21)15(12)16-11-5-2-1-3-6-11/h1-10,19H. The highest BCUT2D eigenvalue weighted by Crippen LogP contribution is 2.21. The first-order chi connectivity index (χ1) is 10.2. The minimum absolute atomic E-state index is 0.0995. The van der Waals surface area contributed by atoms with E-state index in [1.54, 1.807) is 24.3 Å². The number of rotatable bonds is 2. The monoisotopic (exact) mass is 281 g/mol. The van der Waals surface area contributed by atoms with Crippen LogP contribution >= 0.6 is 0 Å². The van der Waals surface area contributed by atoms with Gasteiger partial charge in [-0.15, -0.1) is 0 Å². The fourth-order valence-corrected chi connectivity index (χ4v) is 2.15. The van der Waals surface area contributed by atoms with Crippen LogP contribution in [0.2, 0.25) is 0 Å². The molecule has 0 fully saturated rings. The summed E-state index contributed by atoms with van der Waals surface area (Å²) < 4.78 is 0.920. The Morgan fingerprint density at radius 1 is 1.05 bits per heavy atom. The van der Waals surface area contributed by atoms with Gasteiger partial charge < -0.3 is 5.21 Å². The summed E-state index contributed by atoms with van der Waals surface area (Å²) in [6, 6.07) is 15.1. The third-order valence-electron chi connectivity index (χ3n) is 3.10. The zero-order valence-electron chi connectivity index (χ0n) is 10.9. The Bertz CT molecular complexity index is 840. The van der Waals surface area contributed by atoms with Crippen LogP contribution < -0.4 is 5.36 Å². The first-order valence-corrected chi connectivity index (χ1v) is 6.24. The number of hydrogen-bond acceptors (Lipinski definition) is 4. The van der Waals surface area contributed by atoms with E-state index >= 15 is 0 Å². The number of nitro groups is 1.